The van der Waals surface area contributed by atoms with Crippen molar-refractivity contribution < 1.29 is 13.9 Å². The molecular weight excluding hydrogens is 305 g/mol. The van der Waals surface area contributed by atoms with Gasteiger partial charge in [-0.2, -0.15) is 0 Å². The average Bonchev–Trinajstić information content (AvgIpc) is 2.85. The number of hydrogen-bond acceptors (Lipinski definition) is 2. The van der Waals surface area contributed by atoms with Crippen molar-refractivity contribution in [2.75, 3.05) is 13.7 Å². The lowest BCUT2D eigenvalue weighted by Gasteiger charge is -2.27. The van der Waals surface area contributed by atoms with Crippen LogP contribution in [0.1, 0.15) is 34.2 Å². The summed E-state index contributed by atoms with van der Waals surface area (Å²) in [6.07, 6.45) is 0.319. The van der Waals surface area contributed by atoms with Gasteiger partial charge in [-0.25, -0.2) is 9.18 Å². The number of benzene rings is 2. The van der Waals surface area contributed by atoms with Gasteiger partial charge < -0.3 is 4.74 Å². The monoisotopic (exact) mass is 323 g/mol. The maximum atomic E-state index is 14.0. The van der Waals surface area contributed by atoms with E-state index >= 15 is 0 Å². The predicted molar refractivity (Wildman–Crippen MR) is 89.4 cm³/mol. The molecule has 1 fully saturated rings. The minimum atomic E-state index is -0.404. The maximum Gasteiger partial charge on any atom is 0.410 e. The van der Waals surface area contributed by atoms with E-state index in [1.165, 1.54) is 18.7 Å². The third kappa shape index (κ3) is 2.13. The summed E-state index contributed by atoms with van der Waals surface area (Å²) in [5.41, 5.74) is 5.20. The summed E-state index contributed by atoms with van der Waals surface area (Å²) in [6, 6.07) is 12.8. The topological polar surface area (TPSA) is 29.5 Å². The molecule has 1 aliphatic carbocycles. The fourth-order valence-electron chi connectivity index (χ4n) is 4.06. The zero-order valence-corrected chi connectivity index (χ0v) is 13.5. The van der Waals surface area contributed by atoms with Gasteiger partial charge in [0.2, 0.25) is 0 Å². The van der Waals surface area contributed by atoms with Gasteiger partial charge in [0.15, 0.2) is 0 Å². The van der Waals surface area contributed by atoms with Gasteiger partial charge in [0.05, 0.1) is 13.2 Å². The van der Waals surface area contributed by atoms with Gasteiger partial charge >= 0.3 is 6.09 Å². The Morgan fingerprint density at radius 3 is 2.75 bits per heavy atom. The molecule has 0 bridgehead atoms. The summed E-state index contributed by atoms with van der Waals surface area (Å²) < 4.78 is 18.9. The molecule has 1 amide bonds. The zero-order valence-electron chi connectivity index (χ0n) is 13.5. The minimum Gasteiger partial charge on any atom is -0.453 e. The van der Waals surface area contributed by atoms with Crippen LogP contribution < -0.4 is 0 Å². The van der Waals surface area contributed by atoms with Gasteiger partial charge in [-0.15, -0.1) is 0 Å². The van der Waals surface area contributed by atoms with Crippen LogP contribution in [-0.2, 0) is 11.2 Å². The molecule has 1 saturated heterocycles. The second-order valence-electron chi connectivity index (χ2n) is 6.40. The minimum absolute atomic E-state index is 0.0386. The Hall–Kier alpha value is -2.62. The molecule has 0 radical (unpaired) electrons. The van der Waals surface area contributed by atoms with E-state index in [9.17, 15) is 9.18 Å². The smallest absolute Gasteiger partial charge is 0.410 e. The Labute approximate surface area is 140 Å². The second-order valence-corrected chi connectivity index (χ2v) is 6.40. The largest absolute Gasteiger partial charge is 0.453 e. The van der Waals surface area contributed by atoms with Gasteiger partial charge in [0.1, 0.15) is 5.82 Å². The summed E-state index contributed by atoms with van der Waals surface area (Å²) in [5, 5.41) is 0. The predicted octanol–water partition coefficient (Wildman–Crippen LogP) is 4.19. The van der Waals surface area contributed by atoms with Crippen molar-refractivity contribution in [3.05, 3.63) is 82.7 Å². The van der Waals surface area contributed by atoms with Crippen molar-refractivity contribution in [1.82, 2.24) is 4.90 Å². The first-order valence-corrected chi connectivity index (χ1v) is 7.98. The summed E-state index contributed by atoms with van der Waals surface area (Å²) >= 11 is 0. The Morgan fingerprint density at radius 2 is 1.96 bits per heavy atom. The van der Waals surface area contributed by atoms with Crippen LogP contribution in [0.25, 0.3) is 0 Å². The number of methoxy groups -OCH3 is 1. The Morgan fingerprint density at radius 1 is 1.21 bits per heavy atom. The molecule has 0 spiro atoms. The molecule has 2 aliphatic rings. The maximum absolute atomic E-state index is 14.0. The third-order valence-electron chi connectivity index (χ3n) is 5.07. The van der Waals surface area contributed by atoms with Crippen molar-refractivity contribution in [2.45, 2.75) is 18.4 Å². The van der Waals surface area contributed by atoms with E-state index in [-0.39, 0.29) is 17.8 Å². The van der Waals surface area contributed by atoms with E-state index < -0.39 is 6.09 Å². The highest BCUT2D eigenvalue weighted by atomic mass is 19.1. The highest BCUT2D eigenvalue weighted by molar-refractivity contribution is 5.71. The normalized spacial score (nSPS) is 21.6. The van der Waals surface area contributed by atoms with Crippen molar-refractivity contribution in [3.8, 4) is 0 Å². The van der Waals surface area contributed by atoms with Gasteiger partial charge in [-0.1, -0.05) is 36.9 Å². The van der Waals surface area contributed by atoms with E-state index in [2.05, 4.69) is 18.7 Å². The van der Waals surface area contributed by atoms with Crippen LogP contribution in [0.5, 0.6) is 0 Å². The lowest BCUT2D eigenvalue weighted by molar-refractivity contribution is 0.117. The molecule has 4 rings (SSSR count). The Kier molecular flexibility index (Phi) is 3.41. The SMILES string of the molecule is C=C1CN(C(=O)OC)[C@@H]2c3cc(F)ccc3Cc3ccccc3[C@@H]12. The first kappa shape index (κ1) is 14.9. The van der Waals surface area contributed by atoms with Crippen molar-refractivity contribution >= 4 is 6.09 Å². The highest BCUT2D eigenvalue weighted by Gasteiger charge is 2.44. The number of carbonyl (C=O) groups excluding carboxylic acids is 1. The van der Waals surface area contributed by atoms with Gasteiger partial charge in [-0.3, -0.25) is 4.90 Å². The molecule has 2 atom stereocenters. The molecule has 2 aromatic rings. The quantitative estimate of drug-likeness (QED) is 0.680. The standard InChI is InChI=1S/C20H18FNO2/c1-12-11-22(20(23)24-2)19-17-10-15(21)8-7-14(17)9-13-5-3-4-6-16(13)18(12)19/h3-8,10,18-19H,1,9,11H2,2H3/t18-,19-/m1/s1. The molecule has 1 aliphatic heterocycles. The number of nitrogens with zero attached hydrogens (tertiary/aromatic N) is 1. The molecule has 0 aromatic heterocycles. The number of likely N-dealkylation sites (tertiary alicyclic amines) is 1. The molecule has 1 heterocycles. The molecule has 3 nitrogen and oxygen atoms in total. The second kappa shape index (κ2) is 5.48. The van der Waals surface area contributed by atoms with Crippen molar-refractivity contribution in [3.63, 3.8) is 0 Å². The molecule has 4 heteroatoms. The van der Waals surface area contributed by atoms with Crippen LogP contribution in [0.3, 0.4) is 0 Å². The van der Waals surface area contributed by atoms with E-state index in [4.69, 9.17) is 4.74 Å². The highest BCUT2D eigenvalue weighted by Crippen LogP contribution is 2.50. The van der Waals surface area contributed by atoms with Crippen LogP contribution >= 0.6 is 0 Å². The molecule has 0 saturated carbocycles. The number of hydrogen-bond donors (Lipinski definition) is 0. The van der Waals surface area contributed by atoms with Crippen LogP contribution in [0.4, 0.5) is 9.18 Å². The number of rotatable bonds is 0. The average molecular weight is 323 g/mol. The van der Waals surface area contributed by atoms with Crippen molar-refractivity contribution in [2.24, 2.45) is 0 Å². The van der Waals surface area contributed by atoms with Gasteiger partial charge in [0, 0.05) is 12.5 Å². The van der Waals surface area contributed by atoms with Crippen LogP contribution in [-0.4, -0.2) is 24.6 Å². The lowest BCUT2D eigenvalue weighted by atomic mass is 9.85. The Balaban J connectivity index is 1.97. The summed E-state index contributed by atoms with van der Waals surface area (Å²) in [6.45, 7) is 4.62. The van der Waals surface area contributed by atoms with E-state index in [1.807, 2.05) is 18.2 Å². The van der Waals surface area contributed by atoms with Crippen LogP contribution in [0.2, 0.25) is 0 Å². The van der Waals surface area contributed by atoms with E-state index in [1.54, 1.807) is 11.0 Å². The van der Waals surface area contributed by atoms with E-state index in [0.717, 1.165) is 28.7 Å². The molecule has 122 valence electrons. The zero-order chi connectivity index (χ0) is 16.8. The van der Waals surface area contributed by atoms with Crippen LogP contribution in [0.15, 0.2) is 54.6 Å². The summed E-state index contributed by atoms with van der Waals surface area (Å²) in [5.74, 6) is -0.330. The number of halogens is 1. The Bertz CT molecular complexity index is 845. The number of carbonyl (C=O) groups is 1. The van der Waals surface area contributed by atoms with Gasteiger partial charge in [0.25, 0.3) is 0 Å². The number of amides is 1. The first-order chi connectivity index (χ1) is 11.6. The van der Waals surface area contributed by atoms with Gasteiger partial charge in [-0.05, 0) is 46.4 Å². The number of fused-ring (bicyclic) bond motifs is 5. The fourth-order valence-corrected chi connectivity index (χ4v) is 4.06. The molecular formula is C20H18FNO2. The molecule has 2 aromatic carbocycles. The summed E-state index contributed by atoms with van der Waals surface area (Å²) in [7, 11) is 1.37. The molecule has 0 N–H and O–H groups in total. The van der Waals surface area contributed by atoms with E-state index in [0.29, 0.717) is 6.54 Å². The van der Waals surface area contributed by atoms with Crippen LogP contribution in [0, 0.1) is 5.82 Å². The fraction of sp³-hybridized carbons (Fsp3) is 0.250. The lowest BCUT2D eigenvalue weighted by Crippen LogP contribution is -2.31. The first-order valence-electron chi connectivity index (χ1n) is 7.98. The molecule has 0 unspecified atom stereocenters. The number of ether oxygens (including phenoxy) is 1. The van der Waals surface area contributed by atoms with Crippen molar-refractivity contribution in [1.29, 1.82) is 0 Å². The summed E-state index contributed by atoms with van der Waals surface area (Å²) in [4.78, 5) is 14.0. The molecule has 24 heavy (non-hydrogen) atoms. The third-order valence-corrected chi connectivity index (χ3v) is 5.07.